The number of hydrogen-bond acceptors (Lipinski definition) is 6. The number of methoxy groups -OCH3 is 1. The number of nitrogens with one attached hydrogen (secondary N) is 1. The number of carbonyl (C=O) groups excluding carboxylic acids is 1. The molecular formula is C13H24N2O4S. The van der Waals surface area contributed by atoms with Gasteiger partial charge in [0.15, 0.2) is 9.84 Å². The van der Waals surface area contributed by atoms with Crippen molar-refractivity contribution in [3.63, 3.8) is 0 Å². The van der Waals surface area contributed by atoms with Crippen molar-refractivity contribution < 1.29 is 17.9 Å². The van der Waals surface area contributed by atoms with E-state index in [2.05, 4.69) is 10.2 Å². The molecule has 2 rings (SSSR count). The number of rotatable bonds is 6. The van der Waals surface area contributed by atoms with E-state index in [-0.39, 0.29) is 17.5 Å². The van der Waals surface area contributed by atoms with E-state index < -0.39 is 15.4 Å². The Kier molecular flexibility index (Phi) is 4.71. The molecule has 0 aromatic heterocycles. The Bertz CT molecular complexity index is 447. The van der Waals surface area contributed by atoms with Gasteiger partial charge >= 0.3 is 5.97 Å². The molecule has 2 aliphatic rings. The van der Waals surface area contributed by atoms with E-state index in [9.17, 15) is 13.2 Å². The quantitative estimate of drug-likeness (QED) is 0.676. The molecule has 20 heavy (non-hydrogen) atoms. The monoisotopic (exact) mass is 304 g/mol. The molecule has 7 heteroatoms. The summed E-state index contributed by atoms with van der Waals surface area (Å²) in [7, 11) is -1.48. The van der Waals surface area contributed by atoms with Gasteiger partial charge in [-0.2, -0.15) is 0 Å². The first-order chi connectivity index (χ1) is 9.43. The summed E-state index contributed by atoms with van der Waals surface area (Å²) < 4.78 is 28.0. The van der Waals surface area contributed by atoms with Crippen molar-refractivity contribution in [1.29, 1.82) is 0 Å². The molecule has 0 aromatic rings. The second-order valence-corrected chi connectivity index (χ2v) is 8.00. The molecule has 0 bridgehead atoms. The van der Waals surface area contributed by atoms with Gasteiger partial charge in [-0.3, -0.25) is 4.90 Å². The Morgan fingerprint density at radius 2 is 1.95 bits per heavy atom. The minimum absolute atomic E-state index is 0.182. The number of esters is 1. The van der Waals surface area contributed by atoms with Crippen LogP contribution in [0.15, 0.2) is 0 Å². The summed E-state index contributed by atoms with van der Waals surface area (Å²) in [6, 6.07) is 0. The van der Waals surface area contributed by atoms with Crippen molar-refractivity contribution in [2.45, 2.75) is 25.3 Å². The number of likely N-dealkylation sites (N-methyl/N-ethyl adjacent to an activating group) is 1. The van der Waals surface area contributed by atoms with Crippen molar-refractivity contribution in [3.8, 4) is 0 Å². The van der Waals surface area contributed by atoms with E-state index in [1.165, 1.54) is 7.11 Å². The van der Waals surface area contributed by atoms with Crippen LogP contribution in [-0.2, 0) is 19.4 Å². The number of nitrogens with zero attached hydrogens (tertiary/aromatic N) is 1. The maximum atomic E-state index is 12.3. The van der Waals surface area contributed by atoms with Crippen LogP contribution in [0.25, 0.3) is 0 Å². The summed E-state index contributed by atoms with van der Waals surface area (Å²) in [5.41, 5.74) is -0.676. The molecule has 0 radical (unpaired) electrons. The molecule has 1 aliphatic heterocycles. The molecule has 0 amide bonds. The zero-order valence-electron chi connectivity index (χ0n) is 12.2. The molecule has 2 fully saturated rings. The zero-order chi connectivity index (χ0) is 14.8. The van der Waals surface area contributed by atoms with Gasteiger partial charge in [0, 0.05) is 19.6 Å². The largest absolute Gasteiger partial charge is 0.468 e. The molecule has 1 aliphatic carbocycles. The average Bonchev–Trinajstić information content (AvgIpc) is 3.24. The zero-order valence-corrected chi connectivity index (χ0v) is 13.0. The third kappa shape index (κ3) is 3.32. The Balaban J connectivity index is 2.09. The highest BCUT2D eigenvalue weighted by molar-refractivity contribution is 7.91. The summed E-state index contributed by atoms with van der Waals surface area (Å²) in [4.78, 5) is 14.3. The Morgan fingerprint density at radius 1 is 1.35 bits per heavy atom. The highest BCUT2D eigenvalue weighted by Crippen LogP contribution is 2.41. The first-order valence-corrected chi connectivity index (χ1v) is 9.02. The average molecular weight is 304 g/mol. The fraction of sp³-hybridized carbons (Fsp3) is 0.923. The Morgan fingerprint density at radius 3 is 2.40 bits per heavy atom. The molecule has 1 heterocycles. The van der Waals surface area contributed by atoms with Crippen molar-refractivity contribution in [2.75, 3.05) is 44.8 Å². The maximum absolute atomic E-state index is 12.3. The number of ether oxygens (including phenoxy) is 1. The second-order valence-electron chi connectivity index (χ2n) is 5.70. The van der Waals surface area contributed by atoms with Crippen LogP contribution in [0.4, 0.5) is 0 Å². The van der Waals surface area contributed by atoms with Gasteiger partial charge in [-0.05, 0) is 25.3 Å². The van der Waals surface area contributed by atoms with E-state index >= 15 is 0 Å². The molecule has 1 atom stereocenters. The summed E-state index contributed by atoms with van der Waals surface area (Å²) in [6.45, 7) is 4.20. The van der Waals surface area contributed by atoms with Gasteiger partial charge in [-0.25, -0.2) is 13.2 Å². The van der Waals surface area contributed by atoms with Gasteiger partial charge in [0.2, 0.25) is 0 Å². The van der Waals surface area contributed by atoms with E-state index in [0.29, 0.717) is 32.1 Å². The van der Waals surface area contributed by atoms with Crippen LogP contribution < -0.4 is 5.32 Å². The smallest absolute Gasteiger partial charge is 0.327 e. The molecule has 0 spiro atoms. The third-order valence-electron chi connectivity index (χ3n) is 4.23. The van der Waals surface area contributed by atoms with Gasteiger partial charge in [0.1, 0.15) is 5.54 Å². The number of carbonyl (C=O) groups is 1. The molecule has 6 nitrogen and oxygen atoms in total. The second kappa shape index (κ2) is 5.99. The molecule has 1 saturated heterocycles. The molecule has 1 N–H and O–H groups in total. The maximum Gasteiger partial charge on any atom is 0.327 e. The minimum Gasteiger partial charge on any atom is -0.468 e. The van der Waals surface area contributed by atoms with E-state index in [1.807, 2.05) is 6.92 Å². The first-order valence-electron chi connectivity index (χ1n) is 7.20. The topological polar surface area (TPSA) is 75.7 Å². The van der Waals surface area contributed by atoms with Gasteiger partial charge in [0.05, 0.1) is 18.6 Å². The molecular weight excluding hydrogens is 280 g/mol. The lowest BCUT2D eigenvalue weighted by Gasteiger charge is -2.38. The number of hydrogen-bond donors (Lipinski definition) is 1. The molecule has 1 saturated carbocycles. The van der Waals surface area contributed by atoms with Crippen LogP contribution in [0.2, 0.25) is 0 Å². The van der Waals surface area contributed by atoms with Crippen LogP contribution in [0.5, 0.6) is 0 Å². The van der Waals surface area contributed by atoms with Gasteiger partial charge in [-0.15, -0.1) is 0 Å². The van der Waals surface area contributed by atoms with Gasteiger partial charge in [-0.1, -0.05) is 6.92 Å². The summed E-state index contributed by atoms with van der Waals surface area (Å²) >= 11 is 0. The minimum atomic E-state index is -2.89. The van der Waals surface area contributed by atoms with E-state index in [4.69, 9.17) is 4.74 Å². The highest BCUT2D eigenvalue weighted by atomic mass is 32.2. The van der Waals surface area contributed by atoms with Crippen LogP contribution in [0.1, 0.15) is 19.8 Å². The molecule has 0 aromatic carbocycles. The molecule has 1 unspecified atom stereocenters. The van der Waals surface area contributed by atoms with Crippen molar-refractivity contribution >= 4 is 15.8 Å². The Hall–Kier alpha value is -0.660. The van der Waals surface area contributed by atoms with E-state index in [1.54, 1.807) is 0 Å². The summed E-state index contributed by atoms with van der Waals surface area (Å²) in [6.07, 6.45) is 2.04. The predicted octanol–water partition coefficient (Wildman–Crippen LogP) is -0.352. The van der Waals surface area contributed by atoms with Crippen LogP contribution >= 0.6 is 0 Å². The fourth-order valence-corrected chi connectivity index (χ4v) is 4.24. The van der Waals surface area contributed by atoms with Crippen LogP contribution in [0.3, 0.4) is 0 Å². The SMILES string of the molecule is CCNC(CN1CCS(=O)(=O)CC1)(C(=O)OC)C1CC1. The van der Waals surface area contributed by atoms with Crippen LogP contribution in [0, 0.1) is 5.92 Å². The standard InChI is InChI=1S/C13H24N2O4S/c1-3-14-13(11-4-5-11,12(16)19-2)10-15-6-8-20(17,18)9-7-15/h11,14H,3-10H2,1-2H3. The number of sulfone groups is 1. The predicted molar refractivity (Wildman–Crippen MR) is 76.2 cm³/mol. The third-order valence-corrected chi connectivity index (χ3v) is 5.84. The van der Waals surface area contributed by atoms with Gasteiger partial charge < -0.3 is 10.1 Å². The summed E-state index contributed by atoms with van der Waals surface area (Å²) in [5, 5.41) is 3.31. The Labute approximate surface area is 120 Å². The van der Waals surface area contributed by atoms with Gasteiger partial charge in [0.25, 0.3) is 0 Å². The lowest BCUT2D eigenvalue weighted by atomic mass is 9.92. The van der Waals surface area contributed by atoms with Crippen molar-refractivity contribution in [2.24, 2.45) is 5.92 Å². The summed E-state index contributed by atoms with van der Waals surface area (Å²) in [5.74, 6) is 0.436. The van der Waals surface area contributed by atoms with Crippen LogP contribution in [-0.4, -0.2) is 69.6 Å². The molecule has 116 valence electrons. The normalized spacial score (nSPS) is 25.9. The first kappa shape index (κ1) is 15.7. The van der Waals surface area contributed by atoms with Crippen molar-refractivity contribution in [3.05, 3.63) is 0 Å². The van der Waals surface area contributed by atoms with E-state index in [0.717, 1.165) is 12.8 Å². The highest BCUT2D eigenvalue weighted by Gasteiger charge is 2.52. The lowest BCUT2D eigenvalue weighted by molar-refractivity contribution is -0.150. The lowest BCUT2D eigenvalue weighted by Crippen LogP contribution is -2.62. The fourth-order valence-electron chi connectivity index (χ4n) is 2.97. The van der Waals surface area contributed by atoms with Crippen molar-refractivity contribution in [1.82, 2.24) is 10.2 Å².